The third-order valence-electron chi connectivity index (χ3n) is 6.02. The highest BCUT2D eigenvalue weighted by atomic mass is 16.4. The fraction of sp³-hybridized carbons (Fsp3) is 0.276. The second-order valence-corrected chi connectivity index (χ2v) is 8.85. The summed E-state index contributed by atoms with van der Waals surface area (Å²) < 4.78 is 0. The minimum Gasteiger partial charge on any atom is -0.508 e. The lowest BCUT2D eigenvalue weighted by molar-refractivity contribution is -0.138. The van der Waals surface area contributed by atoms with Crippen molar-refractivity contribution in [2.24, 2.45) is 0 Å². The molecule has 0 saturated carbocycles. The molecule has 0 aliphatic rings. The molecule has 188 valence electrons. The van der Waals surface area contributed by atoms with E-state index in [0.717, 1.165) is 16.7 Å². The Kier molecular flexibility index (Phi) is 9.63. The van der Waals surface area contributed by atoms with Gasteiger partial charge in [0.15, 0.2) is 0 Å². The fourth-order valence-corrected chi connectivity index (χ4v) is 4.12. The molecule has 0 bridgehead atoms. The van der Waals surface area contributed by atoms with Crippen LogP contribution >= 0.6 is 0 Å². The van der Waals surface area contributed by atoms with E-state index in [0.29, 0.717) is 19.4 Å². The van der Waals surface area contributed by atoms with Gasteiger partial charge in [-0.15, -0.1) is 0 Å². The number of amides is 2. The molecule has 1 atom stereocenters. The molecule has 0 aliphatic carbocycles. The second-order valence-electron chi connectivity index (χ2n) is 8.85. The minimum atomic E-state index is -0.902. The molecule has 3 aromatic rings. The van der Waals surface area contributed by atoms with Gasteiger partial charge in [-0.1, -0.05) is 72.8 Å². The highest BCUT2D eigenvalue weighted by molar-refractivity contribution is 5.88. The number of hydrogen-bond acceptors (Lipinski definition) is 4. The van der Waals surface area contributed by atoms with Gasteiger partial charge in [-0.3, -0.25) is 14.4 Å². The number of carbonyl (C=O) groups excluding carboxylic acids is 2. The van der Waals surface area contributed by atoms with Crippen molar-refractivity contribution >= 4 is 17.8 Å². The lowest BCUT2D eigenvalue weighted by Crippen LogP contribution is -2.43. The van der Waals surface area contributed by atoms with Gasteiger partial charge in [-0.25, -0.2) is 0 Å². The van der Waals surface area contributed by atoms with Gasteiger partial charge < -0.3 is 20.4 Å². The molecule has 36 heavy (non-hydrogen) atoms. The van der Waals surface area contributed by atoms with E-state index < -0.39 is 17.9 Å². The zero-order valence-corrected chi connectivity index (χ0v) is 20.3. The molecule has 7 nitrogen and oxygen atoms in total. The first kappa shape index (κ1) is 26.5. The van der Waals surface area contributed by atoms with Crippen LogP contribution in [-0.2, 0) is 20.8 Å². The average Bonchev–Trinajstić information content (AvgIpc) is 2.86. The Morgan fingerprint density at radius 3 is 1.94 bits per heavy atom. The third kappa shape index (κ3) is 7.98. The number of hydrogen-bond donors (Lipinski definition) is 3. The maximum absolute atomic E-state index is 13.7. The van der Waals surface area contributed by atoms with Crippen LogP contribution in [0.25, 0.3) is 0 Å². The fourth-order valence-electron chi connectivity index (χ4n) is 4.12. The van der Waals surface area contributed by atoms with Gasteiger partial charge >= 0.3 is 5.97 Å². The molecule has 3 aromatic carbocycles. The van der Waals surface area contributed by atoms with Gasteiger partial charge in [0.25, 0.3) is 0 Å². The molecule has 3 rings (SSSR count). The Morgan fingerprint density at radius 1 is 0.861 bits per heavy atom. The largest absolute Gasteiger partial charge is 0.508 e. The van der Waals surface area contributed by atoms with Crippen LogP contribution in [0, 0.1) is 0 Å². The van der Waals surface area contributed by atoms with Crippen LogP contribution in [0.5, 0.6) is 5.75 Å². The van der Waals surface area contributed by atoms with Gasteiger partial charge in [0.05, 0.1) is 5.92 Å². The molecule has 0 heterocycles. The van der Waals surface area contributed by atoms with E-state index in [2.05, 4.69) is 5.32 Å². The van der Waals surface area contributed by atoms with Crippen molar-refractivity contribution in [1.29, 1.82) is 0 Å². The summed E-state index contributed by atoms with van der Waals surface area (Å²) in [6.07, 6.45) is 0.807. The van der Waals surface area contributed by atoms with Crippen molar-refractivity contribution in [1.82, 2.24) is 10.2 Å². The van der Waals surface area contributed by atoms with Crippen molar-refractivity contribution in [3.63, 3.8) is 0 Å². The number of benzene rings is 3. The maximum atomic E-state index is 13.7. The quantitative estimate of drug-likeness (QED) is 0.358. The first-order chi connectivity index (χ1) is 17.3. The Bertz CT molecular complexity index is 1090. The van der Waals surface area contributed by atoms with E-state index in [1.807, 2.05) is 60.7 Å². The molecule has 0 radical (unpaired) electrons. The predicted octanol–water partition coefficient (Wildman–Crippen LogP) is 3.96. The molecule has 0 fully saturated rings. The zero-order chi connectivity index (χ0) is 25.9. The number of nitrogens with one attached hydrogen (secondary N) is 1. The van der Waals surface area contributed by atoms with Gasteiger partial charge in [0, 0.05) is 32.5 Å². The Balaban J connectivity index is 1.80. The molecule has 2 amide bonds. The summed E-state index contributed by atoms with van der Waals surface area (Å²) in [5.74, 6) is -1.70. The molecule has 0 saturated heterocycles. The number of nitrogens with zero attached hydrogens (tertiary/aromatic N) is 1. The summed E-state index contributed by atoms with van der Waals surface area (Å²) in [6, 6.07) is 25.2. The van der Waals surface area contributed by atoms with Crippen molar-refractivity contribution in [3.05, 3.63) is 102 Å². The van der Waals surface area contributed by atoms with Gasteiger partial charge in [0.1, 0.15) is 5.75 Å². The summed E-state index contributed by atoms with van der Waals surface area (Å²) in [5, 5.41) is 21.6. The van der Waals surface area contributed by atoms with Gasteiger partial charge in [-0.05, 0) is 41.7 Å². The number of rotatable bonds is 12. The van der Waals surface area contributed by atoms with E-state index in [1.54, 1.807) is 31.3 Å². The van der Waals surface area contributed by atoms with Crippen LogP contribution in [0.3, 0.4) is 0 Å². The number of phenolic OH excluding ortho intramolecular Hbond substituents is 1. The first-order valence-corrected chi connectivity index (χ1v) is 12.0. The summed E-state index contributed by atoms with van der Waals surface area (Å²) in [6.45, 7) is 0.321. The summed E-state index contributed by atoms with van der Waals surface area (Å²) >= 11 is 0. The van der Waals surface area contributed by atoms with Crippen LogP contribution in [0.1, 0.15) is 41.9 Å². The second kappa shape index (κ2) is 13.1. The summed E-state index contributed by atoms with van der Waals surface area (Å²) in [5.41, 5.74) is 2.57. The number of aromatic hydroxyl groups is 1. The van der Waals surface area contributed by atoms with E-state index in [4.69, 9.17) is 5.11 Å². The Labute approximate surface area is 211 Å². The van der Waals surface area contributed by atoms with E-state index in [1.165, 1.54) is 4.90 Å². The van der Waals surface area contributed by atoms with Crippen LogP contribution in [0.2, 0.25) is 0 Å². The predicted molar refractivity (Wildman–Crippen MR) is 138 cm³/mol. The third-order valence-corrected chi connectivity index (χ3v) is 6.02. The minimum absolute atomic E-state index is 0.0128. The molecular weight excluding hydrogens is 456 g/mol. The number of carboxylic acids is 1. The van der Waals surface area contributed by atoms with E-state index in [-0.39, 0.29) is 30.4 Å². The zero-order valence-electron chi connectivity index (χ0n) is 20.3. The molecule has 1 unspecified atom stereocenters. The van der Waals surface area contributed by atoms with Crippen molar-refractivity contribution < 1.29 is 24.6 Å². The Hall–Kier alpha value is -4.13. The first-order valence-electron chi connectivity index (χ1n) is 12.0. The lowest BCUT2D eigenvalue weighted by Gasteiger charge is -2.25. The molecule has 0 aliphatic heterocycles. The molecular formula is C29H32N2O5. The normalized spacial score (nSPS) is 11.6. The van der Waals surface area contributed by atoms with E-state index >= 15 is 0 Å². The van der Waals surface area contributed by atoms with Crippen molar-refractivity contribution in [2.45, 2.75) is 37.6 Å². The van der Waals surface area contributed by atoms with Crippen LogP contribution in [0.4, 0.5) is 0 Å². The van der Waals surface area contributed by atoms with Crippen LogP contribution in [-0.4, -0.2) is 52.5 Å². The number of phenols is 1. The lowest BCUT2D eigenvalue weighted by atomic mass is 9.90. The summed E-state index contributed by atoms with van der Waals surface area (Å²) in [4.78, 5) is 38.9. The smallest absolute Gasteiger partial charge is 0.303 e. The highest BCUT2D eigenvalue weighted by Crippen LogP contribution is 2.25. The van der Waals surface area contributed by atoms with Gasteiger partial charge in [-0.2, -0.15) is 0 Å². The van der Waals surface area contributed by atoms with Crippen molar-refractivity contribution in [2.75, 3.05) is 13.6 Å². The van der Waals surface area contributed by atoms with Crippen LogP contribution < -0.4 is 5.32 Å². The standard InChI is InChI=1S/C29H32N2O5/c1-31(18-8-13-27(34)35)26(33)20-24(19-21-14-16-25(32)17-15-21)30-29(36)28(22-9-4-2-5-10-22)23-11-6-3-7-12-23/h2-7,9-12,14-17,24,28,32H,8,13,18-20H2,1H3,(H,30,36)(H,34,35). The maximum Gasteiger partial charge on any atom is 0.303 e. The van der Waals surface area contributed by atoms with Crippen LogP contribution in [0.15, 0.2) is 84.9 Å². The number of carboxylic acid groups (broad SMARTS) is 1. The number of aliphatic carboxylic acids is 1. The van der Waals surface area contributed by atoms with E-state index in [9.17, 15) is 19.5 Å². The Morgan fingerprint density at radius 2 is 1.42 bits per heavy atom. The average molecular weight is 489 g/mol. The molecule has 7 heteroatoms. The highest BCUT2D eigenvalue weighted by Gasteiger charge is 2.26. The topological polar surface area (TPSA) is 107 Å². The molecule has 3 N–H and O–H groups in total. The van der Waals surface area contributed by atoms with Gasteiger partial charge in [0.2, 0.25) is 11.8 Å². The number of carbonyl (C=O) groups is 3. The monoisotopic (exact) mass is 488 g/mol. The van der Waals surface area contributed by atoms with Crippen molar-refractivity contribution in [3.8, 4) is 5.75 Å². The molecule has 0 spiro atoms. The molecule has 0 aromatic heterocycles. The summed E-state index contributed by atoms with van der Waals surface area (Å²) in [7, 11) is 1.64. The SMILES string of the molecule is CN(CCCC(=O)O)C(=O)CC(Cc1ccc(O)cc1)NC(=O)C(c1ccccc1)c1ccccc1.